The van der Waals surface area contributed by atoms with Crippen LogP contribution in [-0.2, 0) is 0 Å². The van der Waals surface area contributed by atoms with E-state index in [4.69, 9.17) is 4.42 Å². The zero-order valence-corrected chi connectivity index (χ0v) is 11.0. The molecule has 2 nitrogen and oxygen atoms in total. The van der Waals surface area contributed by atoms with E-state index >= 15 is 0 Å². The molecule has 98 valence electrons. The second kappa shape index (κ2) is 5.75. The van der Waals surface area contributed by atoms with Crippen LogP contribution in [0.5, 0.6) is 0 Å². The van der Waals surface area contributed by atoms with Gasteiger partial charge in [0.25, 0.3) is 0 Å². The highest BCUT2D eigenvalue weighted by atomic mass is 16.3. The standard InChI is InChI=1S/C16H23NO/c1-2-4-14(5-3-1)15(11-17-16-6-7-16)10-13-8-9-18-12-13/h8-10,12,14,16-17H,1-7,11H2. The Kier molecular flexibility index (Phi) is 3.84. The predicted octanol–water partition coefficient (Wildman–Crippen LogP) is 4.00. The lowest BCUT2D eigenvalue weighted by atomic mass is 9.83. The Morgan fingerprint density at radius 2 is 2.06 bits per heavy atom. The van der Waals surface area contributed by atoms with Gasteiger partial charge in [-0.3, -0.25) is 0 Å². The van der Waals surface area contributed by atoms with Crippen molar-refractivity contribution in [1.82, 2.24) is 5.32 Å². The van der Waals surface area contributed by atoms with Crippen molar-refractivity contribution in [2.24, 2.45) is 5.92 Å². The maximum atomic E-state index is 5.18. The van der Waals surface area contributed by atoms with Crippen LogP contribution in [0.3, 0.4) is 0 Å². The molecule has 0 atom stereocenters. The van der Waals surface area contributed by atoms with Gasteiger partial charge in [0, 0.05) is 18.2 Å². The fraction of sp³-hybridized carbons (Fsp3) is 0.625. The summed E-state index contributed by atoms with van der Waals surface area (Å²) in [6.45, 7) is 1.07. The van der Waals surface area contributed by atoms with Crippen LogP contribution in [-0.4, -0.2) is 12.6 Å². The highest BCUT2D eigenvalue weighted by Crippen LogP contribution is 2.31. The summed E-state index contributed by atoms with van der Waals surface area (Å²) >= 11 is 0. The van der Waals surface area contributed by atoms with Gasteiger partial charge in [-0.05, 0) is 37.7 Å². The van der Waals surface area contributed by atoms with E-state index in [-0.39, 0.29) is 0 Å². The van der Waals surface area contributed by atoms with Gasteiger partial charge in [-0.1, -0.05) is 30.9 Å². The molecular formula is C16H23NO. The molecule has 2 aliphatic carbocycles. The normalized spacial score (nSPS) is 22.3. The van der Waals surface area contributed by atoms with E-state index in [0.29, 0.717) is 0 Å². The molecule has 0 amide bonds. The zero-order valence-electron chi connectivity index (χ0n) is 11.0. The van der Waals surface area contributed by atoms with Gasteiger partial charge in [0.15, 0.2) is 0 Å². The number of nitrogens with one attached hydrogen (secondary N) is 1. The fourth-order valence-corrected chi connectivity index (χ4v) is 2.91. The molecule has 1 heterocycles. The number of furan rings is 1. The van der Waals surface area contributed by atoms with Crippen molar-refractivity contribution >= 4 is 6.08 Å². The molecule has 18 heavy (non-hydrogen) atoms. The average molecular weight is 245 g/mol. The van der Waals surface area contributed by atoms with E-state index < -0.39 is 0 Å². The molecular weight excluding hydrogens is 222 g/mol. The van der Waals surface area contributed by atoms with Crippen molar-refractivity contribution in [1.29, 1.82) is 0 Å². The molecule has 2 saturated carbocycles. The van der Waals surface area contributed by atoms with Gasteiger partial charge >= 0.3 is 0 Å². The van der Waals surface area contributed by atoms with Crippen molar-refractivity contribution in [2.45, 2.75) is 51.0 Å². The molecule has 0 saturated heterocycles. The van der Waals surface area contributed by atoms with Gasteiger partial charge in [-0.15, -0.1) is 0 Å². The SMILES string of the molecule is C(=C(CNC1CC1)C1CCCCC1)c1ccoc1. The molecule has 2 aliphatic rings. The minimum atomic E-state index is 0.792. The minimum absolute atomic E-state index is 0.792. The Hall–Kier alpha value is -1.02. The van der Waals surface area contributed by atoms with Gasteiger partial charge in [-0.2, -0.15) is 0 Å². The molecule has 2 fully saturated rings. The summed E-state index contributed by atoms with van der Waals surface area (Å²) < 4.78 is 5.18. The highest BCUT2D eigenvalue weighted by Gasteiger charge is 2.23. The van der Waals surface area contributed by atoms with E-state index in [1.165, 1.54) is 50.5 Å². The van der Waals surface area contributed by atoms with Crippen LogP contribution in [0.25, 0.3) is 6.08 Å². The summed E-state index contributed by atoms with van der Waals surface area (Å²) in [6.07, 6.45) is 15.6. The largest absolute Gasteiger partial charge is 0.472 e. The Labute approximate surface area is 109 Å². The molecule has 1 N–H and O–H groups in total. The lowest BCUT2D eigenvalue weighted by Crippen LogP contribution is -2.23. The van der Waals surface area contributed by atoms with Gasteiger partial charge in [0.05, 0.1) is 12.5 Å². The van der Waals surface area contributed by atoms with Crippen LogP contribution in [0, 0.1) is 5.92 Å². The summed E-state index contributed by atoms with van der Waals surface area (Å²) in [5.41, 5.74) is 2.80. The Morgan fingerprint density at radius 1 is 1.22 bits per heavy atom. The van der Waals surface area contributed by atoms with Gasteiger partial charge < -0.3 is 9.73 Å². The first-order valence-corrected chi connectivity index (χ1v) is 7.38. The number of hydrogen-bond donors (Lipinski definition) is 1. The molecule has 1 aromatic rings. The second-order valence-electron chi connectivity index (χ2n) is 5.77. The summed E-state index contributed by atoms with van der Waals surface area (Å²) in [5, 5.41) is 3.67. The van der Waals surface area contributed by atoms with Crippen LogP contribution >= 0.6 is 0 Å². The van der Waals surface area contributed by atoms with Crippen molar-refractivity contribution < 1.29 is 4.42 Å². The third kappa shape index (κ3) is 3.26. The average Bonchev–Trinajstić information content (AvgIpc) is 3.11. The summed E-state index contributed by atoms with van der Waals surface area (Å²) in [7, 11) is 0. The van der Waals surface area contributed by atoms with E-state index in [1.807, 2.05) is 6.26 Å². The first-order chi connectivity index (χ1) is 8.92. The lowest BCUT2D eigenvalue weighted by Gasteiger charge is -2.25. The van der Waals surface area contributed by atoms with Gasteiger partial charge in [0.2, 0.25) is 0 Å². The Balaban J connectivity index is 1.68. The lowest BCUT2D eigenvalue weighted by molar-refractivity contribution is 0.396. The Bertz CT molecular complexity index is 383. The summed E-state index contributed by atoms with van der Waals surface area (Å²) in [6, 6.07) is 2.85. The molecule has 0 aromatic carbocycles. The molecule has 0 unspecified atom stereocenters. The number of rotatable bonds is 5. The topological polar surface area (TPSA) is 25.2 Å². The zero-order chi connectivity index (χ0) is 12.2. The van der Waals surface area contributed by atoms with Crippen molar-refractivity contribution in [3.05, 3.63) is 29.7 Å². The monoisotopic (exact) mass is 245 g/mol. The third-order valence-electron chi connectivity index (χ3n) is 4.20. The molecule has 1 aromatic heterocycles. The predicted molar refractivity (Wildman–Crippen MR) is 74.3 cm³/mol. The molecule has 3 rings (SSSR count). The maximum absolute atomic E-state index is 5.18. The van der Waals surface area contributed by atoms with E-state index in [9.17, 15) is 0 Å². The van der Waals surface area contributed by atoms with Crippen molar-refractivity contribution in [3.63, 3.8) is 0 Å². The first-order valence-electron chi connectivity index (χ1n) is 7.38. The van der Waals surface area contributed by atoms with Crippen LogP contribution in [0.2, 0.25) is 0 Å². The fourth-order valence-electron chi connectivity index (χ4n) is 2.91. The van der Waals surface area contributed by atoms with Gasteiger partial charge in [0.1, 0.15) is 0 Å². The van der Waals surface area contributed by atoms with Crippen molar-refractivity contribution in [3.8, 4) is 0 Å². The maximum Gasteiger partial charge on any atom is 0.0974 e. The minimum Gasteiger partial charge on any atom is -0.472 e. The van der Waals surface area contributed by atoms with E-state index in [1.54, 1.807) is 11.8 Å². The second-order valence-corrected chi connectivity index (χ2v) is 5.77. The molecule has 0 bridgehead atoms. The molecule has 0 spiro atoms. The van der Waals surface area contributed by atoms with Crippen LogP contribution in [0.4, 0.5) is 0 Å². The molecule has 2 heteroatoms. The quantitative estimate of drug-likeness (QED) is 0.848. The van der Waals surface area contributed by atoms with Crippen LogP contribution in [0.1, 0.15) is 50.5 Å². The van der Waals surface area contributed by atoms with Crippen molar-refractivity contribution in [2.75, 3.05) is 6.54 Å². The first kappa shape index (κ1) is 12.0. The molecule has 0 radical (unpaired) electrons. The van der Waals surface area contributed by atoms with E-state index in [2.05, 4.69) is 17.5 Å². The Morgan fingerprint density at radius 3 is 2.72 bits per heavy atom. The van der Waals surface area contributed by atoms with Crippen LogP contribution < -0.4 is 5.32 Å². The summed E-state index contributed by atoms with van der Waals surface area (Å²) in [4.78, 5) is 0. The van der Waals surface area contributed by atoms with Crippen LogP contribution in [0.15, 0.2) is 28.6 Å². The van der Waals surface area contributed by atoms with E-state index in [0.717, 1.165) is 18.5 Å². The smallest absolute Gasteiger partial charge is 0.0974 e. The highest BCUT2D eigenvalue weighted by molar-refractivity contribution is 5.52. The van der Waals surface area contributed by atoms with Gasteiger partial charge in [-0.25, -0.2) is 0 Å². The number of hydrogen-bond acceptors (Lipinski definition) is 2. The molecule has 0 aliphatic heterocycles. The third-order valence-corrected chi connectivity index (χ3v) is 4.20. The summed E-state index contributed by atoms with van der Waals surface area (Å²) in [5.74, 6) is 0.792.